The molecular formula is C17H20N2O6S. The predicted octanol–water partition coefficient (Wildman–Crippen LogP) is 2.66. The number of nitro groups is 1. The van der Waals surface area contributed by atoms with Gasteiger partial charge >= 0.3 is 0 Å². The molecule has 0 heterocycles. The minimum absolute atomic E-state index is 0.0967. The average Bonchev–Trinajstić information content (AvgIpc) is 2.60. The second-order valence-electron chi connectivity index (χ2n) is 5.71. The predicted molar refractivity (Wildman–Crippen MR) is 96.1 cm³/mol. The summed E-state index contributed by atoms with van der Waals surface area (Å²) in [5.41, 5.74) is 0.153. The van der Waals surface area contributed by atoms with Crippen LogP contribution >= 0.6 is 0 Å². The first-order valence-electron chi connectivity index (χ1n) is 7.77. The van der Waals surface area contributed by atoms with E-state index in [0.29, 0.717) is 17.1 Å². The number of ether oxygens (including phenoxy) is 2. The van der Waals surface area contributed by atoms with E-state index in [2.05, 4.69) is 4.72 Å². The molecule has 2 rings (SSSR count). The normalized spacial score (nSPS) is 12.4. The van der Waals surface area contributed by atoms with Gasteiger partial charge < -0.3 is 9.47 Å². The summed E-state index contributed by atoms with van der Waals surface area (Å²) < 4.78 is 37.9. The largest absolute Gasteiger partial charge is 0.497 e. The number of nitrogens with one attached hydrogen (secondary N) is 1. The topological polar surface area (TPSA) is 108 Å². The average molecular weight is 380 g/mol. The number of rotatable bonds is 8. The van der Waals surface area contributed by atoms with Gasteiger partial charge in [-0.3, -0.25) is 10.1 Å². The maximum Gasteiger partial charge on any atom is 0.273 e. The van der Waals surface area contributed by atoms with E-state index >= 15 is 0 Å². The summed E-state index contributed by atoms with van der Waals surface area (Å²) in [6.45, 7) is 3.29. The molecule has 1 N–H and O–H groups in total. The van der Waals surface area contributed by atoms with Crippen molar-refractivity contribution in [3.05, 3.63) is 58.1 Å². The van der Waals surface area contributed by atoms with Gasteiger partial charge in [-0.15, -0.1) is 0 Å². The molecule has 0 aliphatic carbocycles. The third kappa shape index (κ3) is 4.93. The Morgan fingerprint density at radius 2 is 1.77 bits per heavy atom. The number of benzene rings is 2. The van der Waals surface area contributed by atoms with Crippen molar-refractivity contribution in [2.24, 2.45) is 0 Å². The van der Waals surface area contributed by atoms with E-state index < -0.39 is 21.0 Å². The molecule has 0 radical (unpaired) electrons. The molecule has 0 aromatic heterocycles. The maximum absolute atomic E-state index is 12.4. The van der Waals surface area contributed by atoms with Crippen LogP contribution < -0.4 is 14.2 Å². The molecule has 0 aliphatic rings. The van der Waals surface area contributed by atoms with E-state index in [1.807, 2.05) is 0 Å². The lowest BCUT2D eigenvalue weighted by atomic mass is 10.2. The summed E-state index contributed by atoms with van der Waals surface area (Å²) >= 11 is 0. The number of hydrogen-bond donors (Lipinski definition) is 1. The third-order valence-corrected chi connectivity index (χ3v) is 5.19. The lowest BCUT2D eigenvalue weighted by Crippen LogP contribution is -2.36. The Labute approximate surface area is 152 Å². The summed E-state index contributed by atoms with van der Waals surface area (Å²) in [6.07, 6.45) is 0. The van der Waals surface area contributed by atoms with Crippen molar-refractivity contribution in [1.29, 1.82) is 0 Å². The summed E-state index contributed by atoms with van der Waals surface area (Å²) in [5, 5.41) is 11.0. The van der Waals surface area contributed by atoms with Crippen LogP contribution in [0.4, 0.5) is 5.69 Å². The van der Waals surface area contributed by atoms with Gasteiger partial charge in [-0.1, -0.05) is 6.07 Å². The molecule has 1 atom stereocenters. The molecule has 2 aromatic rings. The Kier molecular flexibility index (Phi) is 6.17. The van der Waals surface area contributed by atoms with E-state index in [1.54, 1.807) is 45.2 Å². The molecular weight excluding hydrogens is 360 g/mol. The number of nitrogens with zero attached hydrogens (tertiary/aromatic N) is 1. The van der Waals surface area contributed by atoms with E-state index in [0.717, 1.165) is 6.07 Å². The van der Waals surface area contributed by atoms with E-state index in [4.69, 9.17) is 9.47 Å². The summed E-state index contributed by atoms with van der Waals surface area (Å²) in [7, 11) is -2.34. The van der Waals surface area contributed by atoms with Crippen LogP contribution in [0.15, 0.2) is 47.4 Å². The zero-order chi connectivity index (χ0) is 19.3. The van der Waals surface area contributed by atoms with Crippen LogP contribution in [0.3, 0.4) is 0 Å². The van der Waals surface area contributed by atoms with Gasteiger partial charge in [0, 0.05) is 11.6 Å². The van der Waals surface area contributed by atoms with Gasteiger partial charge in [0.15, 0.2) is 0 Å². The molecule has 0 amide bonds. The van der Waals surface area contributed by atoms with Crippen molar-refractivity contribution in [2.45, 2.75) is 24.8 Å². The smallest absolute Gasteiger partial charge is 0.273 e. The van der Waals surface area contributed by atoms with Crippen LogP contribution in [0.1, 0.15) is 12.5 Å². The maximum atomic E-state index is 12.4. The number of aryl methyl sites for hydroxylation is 1. The first-order valence-corrected chi connectivity index (χ1v) is 9.25. The highest BCUT2D eigenvalue weighted by Crippen LogP contribution is 2.22. The van der Waals surface area contributed by atoms with Crippen molar-refractivity contribution in [3.63, 3.8) is 0 Å². The van der Waals surface area contributed by atoms with Gasteiger partial charge in [-0.25, -0.2) is 13.1 Å². The minimum atomic E-state index is -3.90. The van der Waals surface area contributed by atoms with Crippen LogP contribution in [0.2, 0.25) is 0 Å². The Bertz CT molecular complexity index is 881. The highest BCUT2D eigenvalue weighted by molar-refractivity contribution is 7.89. The Morgan fingerprint density at radius 3 is 2.35 bits per heavy atom. The number of nitro benzene ring substituents is 1. The van der Waals surface area contributed by atoms with E-state index in [-0.39, 0.29) is 17.2 Å². The van der Waals surface area contributed by atoms with Gasteiger partial charge in [0.2, 0.25) is 10.0 Å². The zero-order valence-corrected chi connectivity index (χ0v) is 15.4. The van der Waals surface area contributed by atoms with Gasteiger partial charge in [-0.2, -0.15) is 0 Å². The first kappa shape index (κ1) is 19.7. The van der Waals surface area contributed by atoms with Crippen LogP contribution in [0.5, 0.6) is 11.5 Å². The summed E-state index contributed by atoms with van der Waals surface area (Å²) in [6, 6.07) is 10.1. The fourth-order valence-corrected chi connectivity index (χ4v) is 3.46. The molecule has 9 heteroatoms. The molecule has 0 aliphatic heterocycles. The van der Waals surface area contributed by atoms with Gasteiger partial charge in [-0.05, 0) is 44.2 Å². The quantitative estimate of drug-likeness (QED) is 0.557. The fraction of sp³-hybridized carbons (Fsp3) is 0.294. The van der Waals surface area contributed by atoms with Crippen molar-refractivity contribution in [1.82, 2.24) is 4.72 Å². The Balaban J connectivity index is 2.03. The number of hydrogen-bond acceptors (Lipinski definition) is 6. The molecule has 0 spiro atoms. The van der Waals surface area contributed by atoms with Crippen molar-refractivity contribution in [2.75, 3.05) is 13.7 Å². The van der Waals surface area contributed by atoms with Crippen molar-refractivity contribution < 1.29 is 22.8 Å². The van der Waals surface area contributed by atoms with Crippen LogP contribution in [-0.4, -0.2) is 33.1 Å². The van der Waals surface area contributed by atoms with E-state index in [9.17, 15) is 18.5 Å². The molecule has 0 saturated heterocycles. The number of sulfonamides is 1. The molecule has 26 heavy (non-hydrogen) atoms. The SMILES string of the molecule is COc1ccc(OC[C@@H](C)NS(=O)(=O)c2ccc(C)c([N+](=O)[O-])c2)cc1. The van der Waals surface area contributed by atoms with Crippen molar-refractivity contribution >= 4 is 15.7 Å². The molecule has 0 bridgehead atoms. The van der Waals surface area contributed by atoms with Crippen LogP contribution in [-0.2, 0) is 10.0 Å². The van der Waals surface area contributed by atoms with Crippen LogP contribution in [0, 0.1) is 17.0 Å². The molecule has 0 unspecified atom stereocenters. The first-order chi connectivity index (χ1) is 12.2. The Hall–Kier alpha value is -2.65. The second-order valence-corrected chi connectivity index (χ2v) is 7.43. The highest BCUT2D eigenvalue weighted by atomic mass is 32.2. The van der Waals surface area contributed by atoms with Gasteiger partial charge in [0.05, 0.1) is 23.0 Å². The molecule has 8 nitrogen and oxygen atoms in total. The molecule has 140 valence electrons. The number of methoxy groups -OCH3 is 1. The van der Waals surface area contributed by atoms with E-state index in [1.165, 1.54) is 12.1 Å². The highest BCUT2D eigenvalue weighted by Gasteiger charge is 2.21. The monoisotopic (exact) mass is 380 g/mol. The standard InChI is InChI=1S/C17H20N2O6S/c1-12-4-9-16(10-17(12)19(20)21)26(22,23)18-13(2)11-25-15-7-5-14(24-3)6-8-15/h4-10,13,18H,11H2,1-3H3/t13-/m1/s1. The van der Waals surface area contributed by atoms with Crippen LogP contribution in [0.25, 0.3) is 0 Å². The summed E-state index contributed by atoms with van der Waals surface area (Å²) in [5.74, 6) is 1.26. The lowest BCUT2D eigenvalue weighted by Gasteiger charge is -2.15. The minimum Gasteiger partial charge on any atom is -0.497 e. The summed E-state index contributed by atoms with van der Waals surface area (Å²) in [4.78, 5) is 10.2. The zero-order valence-electron chi connectivity index (χ0n) is 14.6. The third-order valence-electron chi connectivity index (χ3n) is 3.60. The molecule has 0 fully saturated rings. The van der Waals surface area contributed by atoms with Crippen molar-refractivity contribution in [3.8, 4) is 11.5 Å². The molecule has 2 aromatic carbocycles. The lowest BCUT2D eigenvalue weighted by molar-refractivity contribution is -0.385. The van der Waals surface area contributed by atoms with Gasteiger partial charge in [0.1, 0.15) is 18.1 Å². The second kappa shape index (κ2) is 8.15. The van der Waals surface area contributed by atoms with Gasteiger partial charge in [0.25, 0.3) is 5.69 Å². The fourth-order valence-electron chi connectivity index (χ4n) is 2.21. The molecule has 0 saturated carbocycles. The Morgan fingerprint density at radius 1 is 1.15 bits per heavy atom.